The Labute approximate surface area is 143 Å². The minimum Gasteiger partial charge on any atom is -0.330 e. The van der Waals surface area contributed by atoms with E-state index in [1.165, 1.54) is 17.7 Å². The number of aromatic nitrogens is 2. The van der Waals surface area contributed by atoms with Gasteiger partial charge in [-0.15, -0.1) is 0 Å². The predicted octanol–water partition coefficient (Wildman–Crippen LogP) is -1.60. The number of H-pyrrole nitrogens is 2. The number of piperazine rings is 1. The van der Waals surface area contributed by atoms with Crippen molar-refractivity contribution in [3.8, 4) is 0 Å². The van der Waals surface area contributed by atoms with Crippen LogP contribution in [0.15, 0.2) is 15.7 Å². The molecule has 0 radical (unpaired) electrons. The molecule has 2 saturated heterocycles. The molecule has 3 fully saturated rings. The third kappa shape index (κ3) is 3.28. The monoisotopic (exact) mass is 368 g/mol. The van der Waals surface area contributed by atoms with E-state index < -0.39 is 33.0 Å². The average Bonchev–Trinajstić information content (AvgIpc) is 3.26. The SMILES string of the molecule is O=C(c1cc(=O)[nH]c(=O)[nH]1)N1CCN(CC2CC2)[C@@H]2CS(=O)(=O)C[C@@H]21. The van der Waals surface area contributed by atoms with Gasteiger partial charge >= 0.3 is 5.69 Å². The van der Waals surface area contributed by atoms with Crippen molar-refractivity contribution < 1.29 is 13.2 Å². The van der Waals surface area contributed by atoms with Crippen molar-refractivity contribution in [2.75, 3.05) is 31.1 Å². The van der Waals surface area contributed by atoms with Gasteiger partial charge in [0.1, 0.15) is 5.69 Å². The molecule has 2 N–H and O–H groups in total. The summed E-state index contributed by atoms with van der Waals surface area (Å²) in [5.41, 5.74) is -1.51. The van der Waals surface area contributed by atoms with Crippen LogP contribution in [0, 0.1) is 5.92 Å². The van der Waals surface area contributed by atoms with Crippen LogP contribution in [0.1, 0.15) is 23.3 Å². The summed E-state index contributed by atoms with van der Waals surface area (Å²) < 4.78 is 24.4. The highest BCUT2D eigenvalue weighted by Crippen LogP contribution is 2.34. The highest BCUT2D eigenvalue weighted by atomic mass is 32.2. The molecule has 2 aliphatic heterocycles. The summed E-state index contributed by atoms with van der Waals surface area (Å²) in [6, 6.07) is 0.392. The molecule has 0 unspecified atom stereocenters. The van der Waals surface area contributed by atoms with Gasteiger partial charge in [0.05, 0.1) is 17.5 Å². The Morgan fingerprint density at radius 1 is 1.12 bits per heavy atom. The molecule has 0 bridgehead atoms. The molecule has 1 saturated carbocycles. The Bertz CT molecular complexity index is 888. The number of carbonyl (C=O) groups excluding carboxylic acids is 1. The Hall–Kier alpha value is -1.94. The zero-order valence-electron chi connectivity index (χ0n) is 13.6. The third-order valence-corrected chi connectivity index (χ3v) is 6.93. The third-order valence-electron chi connectivity index (χ3n) is 5.23. The molecule has 10 heteroatoms. The van der Waals surface area contributed by atoms with Gasteiger partial charge in [0, 0.05) is 31.7 Å². The lowest BCUT2D eigenvalue weighted by atomic mass is 10.0. The number of nitrogens with zero attached hydrogens (tertiary/aromatic N) is 2. The van der Waals surface area contributed by atoms with Crippen molar-refractivity contribution in [2.24, 2.45) is 5.92 Å². The van der Waals surface area contributed by atoms with E-state index in [0.29, 0.717) is 19.0 Å². The number of rotatable bonds is 3. The van der Waals surface area contributed by atoms with Crippen molar-refractivity contribution >= 4 is 15.7 Å². The first-order valence-electron chi connectivity index (χ1n) is 8.41. The molecule has 136 valence electrons. The van der Waals surface area contributed by atoms with Crippen molar-refractivity contribution in [1.29, 1.82) is 0 Å². The fourth-order valence-electron chi connectivity index (χ4n) is 3.87. The second-order valence-electron chi connectivity index (χ2n) is 7.15. The molecule has 3 aliphatic rings. The van der Waals surface area contributed by atoms with Crippen LogP contribution in [0.25, 0.3) is 0 Å². The van der Waals surface area contributed by atoms with Gasteiger partial charge in [0.15, 0.2) is 9.84 Å². The summed E-state index contributed by atoms with van der Waals surface area (Å²) in [6.07, 6.45) is 2.36. The van der Waals surface area contributed by atoms with Gasteiger partial charge in [-0.3, -0.25) is 19.5 Å². The first-order chi connectivity index (χ1) is 11.8. The summed E-state index contributed by atoms with van der Waals surface area (Å²) in [4.78, 5) is 43.7. The van der Waals surface area contributed by atoms with Crippen LogP contribution >= 0.6 is 0 Å². The maximum atomic E-state index is 12.8. The first kappa shape index (κ1) is 16.5. The van der Waals surface area contributed by atoms with E-state index in [4.69, 9.17) is 0 Å². The van der Waals surface area contributed by atoms with E-state index in [0.717, 1.165) is 12.6 Å². The maximum absolute atomic E-state index is 12.8. The summed E-state index contributed by atoms with van der Waals surface area (Å²) in [5, 5.41) is 0. The zero-order valence-corrected chi connectivity index (χ0v) is 14.4. The number of aromatic amines is 2. The van der Waals surface area contributed by atoms with Crippen molar-refractivity contribution in [2.45, 2.75) is 24.9 Å². The molecule has 1 aromatic heterocycles. The normalized spacial score (nSPS) is 28.7. The summed E-state index contributed by atoms with van der Waals surface area (Å²) in [6.45, 7) is 1.87. The Morgan fingerprint density at radius 2 is 1.84 bits per heavy atom. The van der Waals surface area contributed by atoms with Gasteiger partial charge in [-0.1, -0.05) is 0 Å². The molecule has 0 aromatic carbocycles. The highest BCUT2D eigenvalue weighted by Gasteiger charge is 2.49. The van der Waals surface area contributed by atoms with Crippen LogP contribution in [-0.4, -0.2) is 77.3 Å². The van der Waals surface area contributed by atoms with Gasteiger partial charge in [-0.05, 0) is 18.8 Å². The minimum absolute atomic E-state index is 0.0556. The van der Waals surface area contributed by atoms with Crippen LogP contribution in [-0.2, 0) is 9.84 Å². The van der Waals surface area contributed by atoms with Gasteiger partial charge < -0.3 is 9.88 Å². The quantitative estimate of drug-likeness (QED) is 0.662. The number of hydrogen-bond acceptors (Lipinski definition) is 6. The minimum atomic E-state index is -3.22. The predicted molar refractivity (Wildman–Crippen MR) is 89.2 cm³/mol. The number of carbonyl (C=O) groups is 1. The summed E-state index contributed by atoms with van der Waals surface area (Å²) in [5.74, 6) is 0.120. The average molecular weight is 368 g/mol. The molecule has 4 rings (SSSR count). The van der Waals surface area contributed by atoms with Crippen LogP contribution in [0.4, 0.5) is 0 Å². The number of fused-ring (bicyclic) bond motifs is 1. The smallest absolute Gasteiger partial charge is 0.326 e. The van der Waals surface area contributed by atoms with Crippen molar-refractivity contribution in [3.05, 3.63) is 32.6 Å². The second kappa shape index (κ2) is 5.80. The lowest BCUT2D eigenvalue weighted by Crippen LogP contribution is -2.61. The standard InChI is InChI=1S/C15H20N4O5S/c20-13-5-10(16-15(22)17-13)14(21)19-4-3-18(6-9-1-2-9)11-7-25(23,24)8-12(11)19/h5,9,11-12H,1-4,6-8H2,(H2,16,17,20,22)/t11-,12+/m1/s1. The van der Waals surface area contributed by atoms with Crippen LogP contribution < -0.4 is 11.2 Å². The first-order valence-corrected chi connectivity index (χ1v) is 10.2. The van der Waals surface area contributed by atoms with E-state index in [1.807, 2.05) is 4.98 Å². The molecule has 1 aromatic rings. The summed E-state index contributed by atoms with van der Waals surface area (Å²) >= 11 is 0. The molecule has 9 nitrogen and oxygen atoms in total. The van der Waals surface area contributed by atoms with Gasteiger partial charge in [0.25, 0.3) is 11.5 Å². The number of amides is 1. The van der Waals surface area contributed by atoms with E-state index in [1.54, 1.807) is 0 Å². The topological polar surface area (TPSA) is 123 Å². The fourth-order valence-corrected chi connectivity index (χ4v) is 5.89. The Morgan fingerprint density at radius 3 is 2.52 bits per heavy atom. The van der Waals surface area contributed by atoms with E-state index in [2.05, 4.69) is 9.88 Å². The second-order valence-corrected chi connectivity index (χ2v) is 9.30. The molecule has 1 aliphatic carbocycles. The summed E-state index contributed by atoms with van der Waals surface area (Å²) in [7, 11) is -3.22. The van der Waals surface area contributed by atoms with E-state index in [-0.39, 0.29) is 23.2 Å². The van der Waals surface area contributed by atoms with E-state index >= 15 is 0 Å². The number of hydrogen-bond donors (Lipinski definition) is 2. The number of sulfone groups is 1. The van der Waals surface area contributed by atoms with Crippen molar-refractivity contribution in [3.63, 3.8) is 0 Å². The highest BCUT2D eigenvalue weighted by molar-refractivity contribution is 7.91. The van der Waals surface area contributed by atoms with Crippen LogP contribution in [0.5, 0.6) is 0 Å². The zero-order chi connectivity index (χ0) is 17.8. The van der Waals surface area contributed by atoms with Gasteiger partial charge in [0.2, 0.25) is 0 Å². The molecule has 25 heavy (non-hydrogen) atoms. The molecule has 2 atom stereocenters. The molecular weight excluding hydrogens is 348 g/mol. The van der Waals surface area contributed by atoms with Crippen molar-refractivity contribution in [1.82, 2.24) is 19.8 Å². The van der Waals surface area contributed by atoms with E-state index in [9.17, 15) is 22.8 Å². The lowest BCUT2D eigenvalue weighted by molar-refractivity contribution is 0.0313. The van der Waals surface area contributed by atoms with Gasteiger partial charge in [-0.25, -0.2) is 13.2 Å². The number of nitrogens with one attached hydrogen (secondary N) is 2. The molecule has 3 heterocycles. The van der Waals surface area contributed by atoms with Crippen LogP contribution in [0.2, 0.25) is 0 Å². The Kier molecular flexibility index (Phi) is 3.84. The molecular formula is C15H20N4O5S. The molecule has 1 amide bonds. The molecule has 0 spiro atoms. The largest absolute Gasteiger partial charge is 0.330 e. The maximum Gasteiger partial charge on any atom is 0.326 e. The van der Waals surface area contributed by atoms with Crippen LogP contribution in [0.3, 0.4) is 0 Å². The van der Waals surface area contributed by atoms with Gasteiger partial charge in [-0.2, -0.15) is 0 Å². The lowest BCUT2D eigenvalue weighted by Gasteiger charge is -2.43. The Balaban J connectivity index is 1.62. The fraction of sp³-hybridized carbons (Fsp3) is 0.667.